The molecule has 6 heterocycles. The van der Waals surface area contributed by atoms with Crippen LogP contribution in [0, 0.1) is 12.8 Å². The maximum atomic E-state index is 14.5. The lowest BCUT2D eigenvalue weighted by atomic mass is 9.90. The SMILES string of the molecule is Cc1cc(CC(NC(=O)N2CCC(N3Cc4ccccc4NC3=O)CC2)C(=O)N[C@@H](CC2CCNCC2)C(=O)N2CCN(c3ccncc3)CC2)cc2cn[nH]c12. The first-order valence-electron chi connectivity index (χ1n) is 20.4. The third-order valence-electron chi connectivity index (χ3n) is 12.2. The van der Waals surface area contributed by atoms with Crippen molar-refractivity contribution in [3.05, 3.63) is 83.8 Å². The number of H-pyrrole nitrogens is 1. The minimum absolute atomic E-state index is 0.0144. The highest BCUT2D eigenvalue weighted by Crippen LogP contribution is 2.28. The maximum Gasteiger partial charge on any atom is 0.322 e. The summed E-state index contributed by atoms with van der Waals surface area (Å²) in [4.78, 5) is 67.8. The van der Waals surface area contributed by atoms with Crippen molar-refractivity contribution in [1.82, 2.24) is 45.8 Å². The predicted octanol–water partition coefficient (Wildman–Crippen LogP) is 3.62. The van der Waals surface area contributed by atoms with Crippen LogP contribution in [0.4, 0.5) is 21.0 Å². The van der Waals surface area contributed by atoms with Gasteiger partial charge in [0.25, 0.3) is 0 Å². The lowest BCUT2D eigenvalue weighted by molar-refractivity contribution is -0.137. The fraction of sp³-hybridized carbons (Fsp3) is 0.476. The molecule has 2 atom stereocenters. The third kappa shape index (κ3) is 8.83. The van der Waals surface area contributed by atoms with Gasteiger partial charge in [-0.1, -0.05) is 24.3 Å². The molecule has 1 unspecified atom stereocenters. The Hall–Kier alpha value is -5.70. The first-order chi connectivity index (χ1) is 27.8. The summed E-state index contributed by atoms with van der Waals surface area (Å²) in [6.45, 7) is 7.63. The highest BCUT2D eigenvalue weighted by Gasteiger charge is 2.36. The molecule has 8 rings (SSSR count). The maximum absolute atomic E-state index is 14.5. The van der Waals surface area contributed by atoms with Crippen molar-refractivity contribution >= 4 is 46.2 Å². The Kier molecular flexibility index (Phi) is 11.5. The summed E-state index contributed by atoms with van der Waals surface area (Å²) in [7, 11) is 0. The fourth-order valence-electron chi connectivity index (χ4n) is 8.92. The first-order valence-corrected chi connectivity index (χ1v) is 20.4. The molecule has 4 aliphatic heterocycles. The molecule has 2 aromatic carbocycles. The Bertz CT molecular complexity index is 2050. The van der Waals surface area contributed by atoms with Crippen molar-refractivity contribution in [3.8, 4) is 0 Å². The standard InChI is InChI=1S/C42H53N11O4/c1-28-22-30(23-32-26-45-49-38(28)32)25-36(48-41(56)52-16-10-34(11-17-52)53-27-31-4-2-3-5-35(31)47-42(53)57)39(54)46-37(24-29-6-12-43-13-7-29)40(55)51-20-18-50(19-21-51)33-8-14-44-15-9-33/h2-5,8-9,14-15,22-23,26,29,34,36-37,43H,6-7,10-13,16-21,24-25,27H2,1H3,(H,45,49)(H,46,54)(H,47,57)(H,48,56)/t36?,37-/m0/s1. The molecule has 0 aliphatic carbocycles. The zero-order valence-corrected chi connectivity index (χ0v) is 32.6. The van der Waals surface area contributed by atoms with Gasteiger partial charge in [0.1, 0.15) is 12.1 Å². The number of fused-ring (bicyclic) bond motifs is 2. The average Bonchev–Trinajstić information content (AvgIpc) is 3.73. The fourth-order valence-corrected chi connectivity index (χ4v) is 8.92. The number of anilines is 2. The number of nitrogens with zero attached hydrogens (tertiary/aromatic N) is 6. The number of para-hydroxylation sites is 1. The van der Waals surface area contributed by atoms with E-state index in [0.29, 0.717) is 65.1 Å². The second-order valence-electron chi connectivity index (χ2n) is 15.9. The lowest BCUT2D eigenvalue weighted by Gasteiger charge is -2.41. The highest BCUT2D eigenvalue weighted by atomic mass is 16.2. The summed E-state index contributed by atoms with van der Waals surface area (Å²) < 4.78 is 0. The number of likely N-dealkylation sites (tertiary alicyclic amines) is 1. The number of aromatic nitrogens is 3. The van der Waals surface area contributed by atoms with Gasteiger partial charge >= 0.3 is 12.1 Å². The Morgan fingerprint density at radius 3 is 2.40 bits per heavy atom. The molecule has 0 spiro atoms. The van der Waals surface area contributed by atoms with E-state index in [9.17, 15) is 19.2 Å². The van der Waals surface area contributed by atoms with Crippen LogP contribution in [0.3, 0.4) is 0 Å². The second kappa shape index (κ2) is 17.2. The van der Waals surface area contributed by atoms with Crippen molar-refractivity contribution in [2.75, 3.05) is 62.6 Å². The molecule has 5 N–H and O–H groups in total. The molecule has 2 aromatic heterocycles. The van der Waals surface area contributed by atoms with E-state index >= 15 is 0 Å². The smallest absolute Gasteiger partial charge is 0.322 e. The molecular formula is C42H53N11O4. The number of benzene rings is 2. The molecule has 0 bridgehead atoms. The number of nitrogens with one attached hydrogen (secondary N) is 5. The summed E-state index contributed by atoms with van der Waals surface area (Å²) in [5.74, 6) is -0.174. The highest BCUT2D eigenvalue weighted by molar-refractivity contribution is 5.93. The molecule has 6 amide bonds. The van der Waals surface area contributed by atoms with Crippen LogP contribution in [0.2, 0.25) is 0 Å². The molecule has 57 heavy (non-hydrogen) atoms. The van der Waals surface area contributed by atoms with Gasteiger partial charge in [-0.3, -0.25) is 19.7 Å². The monoisotopic (exact) mass is 775 g/mol. The number of hydrogen-bond donors (Lipinski definition) is 5. The molecule has 15 heteroatoms. The van der Waals surface area contributed by atoms with Crippen LogP contribution >= 0.6 is 0 Å². The number of piperazine rings is 1. The predicted molar refractivity (Wildman–Crippen MR) is 218 cm³/mol. The molecule has 300 valence electrons. The number of pyridine rings is 1. The molecule has 4 aromatic rings. The lowest BCUT2D eigenvalue weighted by Crippen LogP contribution is -2.59. The van der Waals surface area contributed by atoms with Crippen molar-refractivity contribution in [2.45, 2.75) is 70.1 Å². The number of aryl methyl sites for hydroxylation is 1. The molecular weight excluding hydrogens is 723 g/mol. The second-order valence-corrected chi connectivity index (χ2v) is 15.9. The van der Waals surface area contributed by atoms with Crippen molar-refractivity contribution in [1.29, 1.82) is 0 Å². The molecule has 0 radical (unpaired) electrons. The number of urea groups is 2. The Balaban J connectivity index is 0.967. The minimum Gasteiger partial charge on any atom is -0.368 e. The number of piperidine rings is 2. The van der Waals surface area contributed by atoms with Crippen LogP contribution in [0.25, 0.3) is 10.9 Å². The minimum atomic E-state index is -0.935. The van der Waals surface area contributed by atoms with E-state index in [0.717, 1.165) is 64.9 Å². The summed E-state index contributed by atoms with van der Waals surface area (Å²) in [6, 6.07) is 13.7. The molecule has 4 aliphatic rings. The Morgan fingerprint density at radius 1 is 0.877 bits per heavy atom. The van der Waals surface area contributed by atoms with Gasteiger partial charge in [-0.25, -0.2) is 9.59 Å². The van der Waals surface area contributed by atoms with Gasteiger partial charge in [0.15, 0.2) is 0 Å². The van der Waals surface area contributed by atoms with E-state index in [1.807, 2.05) is 65.3 Å². The Labute approximate surface area is 332 Å². The van der Waals surface area contributed by atoms with E-state index in [1.165, 1.54) is 0 Å². The van der Waals surface area contributed by atoms with Gasteiger partial charge < -0.3 is 40.9 Å². The molecule has 0 saturated carbocycles. The van der Waals surface area contributed by atoms with E-state index in [-0.39, 0.29) is 42.3 Å². The van der Waals surface area contributed by atoms with E-state index in [2.05, 4.69) is 41.3 Å². The van der Waals surface area contributed by atoms with Gasteiger partial charge in [-0.2, -0.15) is 5.10 Å². The number of carbonyl (C=O) groups is 4. The van der Waals surface area contributed by atoms with Crippen LogP contribution < -0.4 is 26.2 Å². The van der Waals surface area contributed by atoms with Crippen molar-refractivity contribution in [3.63, 3.8) is 0 Å². The number of aromatic amines is 1. The van der Waals surface area contributed by atoms with E-state index < -0.39 is 12.1 Å². The average molecular weight is 776 g/mol. The van der Waals surface area contributed by atoms with Crippen LogP contribution in [0.1, 0.15) is 48.8 Å². The van der Waals surface area contributed by atoms with Gasteiger partial charge in [0.2, 0.25) is 11.8 Å². The topological polar surface area (TPSA) is 171 Å². The van der Waals surface area contributed by atoms with E-state index in [1.54, 1.807) is 23.5 Å². The van der Waals surface area contributed by atoms with Gasteiger partial charge in [-0.15, -0.1) is 0 Å². The first kappa shape index (κ1) is 38.2. The molecule has 3 saturated heterocycles. The summed E-state index contributed by atoms with van der Waals surface area (Å²) >= 11 is 0. The molecule has 3 fully saturated rings. The quantitative estimate of drug-likeness (QED) is 0.163. The van der Waals surface area contributed by atoms with Crippen molar-refractivity contribution < 1.29 is 19.2 Å². The van der Waals surface area contributed by atoms with Gasteiger partial charge in [0, 0.05) is 87.4 Å². The van der Waals surface area contributed by atoms with Crippen LogP contribution in [0.5, 0.6) is 0 Å². The number of amides is 6. The normalized spacial score (nSPS) is 19.1. The van der Waals surface area contributed by atoms with Crippen molar-refractivity contribution in [2.24, 2.45) is 5.92 Å². The largest absolute Gasteiger partial charge is 0.368 e. The summed E-state index contributed by atoms with van der Waals surface area (Å²) in [5.41, 5.74) is 5.77. The van der Waals surface area contributed by atoms with Crippen LogP contribution in [-0.2, 0) is 22.6 Å². The van der Waals surface area contributed by atoms with E-state index in [4.69, 9.17) is 0 Å². The number of carbonyl (C=O) groups excluding carboxylic acids is 4. The number of hydrogen-bond acceptors (Lipinski definition) is 8. The zero-order chi connectivity index (χ0) is 39.3. The van der Waals surface area contributed by atoms with Gasteiger partial charge in [0.05, 0.1) is 11.7 Å². The van der Waals surface area contributed by atoms with Crippen LogP contribution in [0.15, 0.2) is 67.1 Å². The molecule has 15 nitrogen and oxygen atoms in total. The van der Waals surface area contributed by atoms with Gasteiger partial charge in [-0.05, 0) is 99.0 Å². The van der Waals surface area contributed by atoms with Crippen LogP contribution in [-0.4, -0.2) is 124 Å². The summed E-state index contributed by atoms with van der Waals surface area (Å²) in [6.07, 6.45) is 9.20. The number of rotatable bonds is 10. The zero-order valence-electron chi connectivity index (χ0n) is 32.6. The summed E-state index contributed by atoms with van der Waals surface area (Å²) in [5, 5.41) is 20.8. The Morgan fingerprint density at radius 2 is 1.63 bits per heavy atom. The third-order valence-corrected chi connectivity index (χ3v) is 12.2.